The molecule has 1 saturated heterocycles. The molecule has 0 saturated carbocycles. The fourth-order valence-corrected chi connectivity index (χ4v) is 3.10. The Morgan fingerprint density at radius 1 is 1.00 bits per heavy atom. The average molecular weight is 325 g/mol. The lowest BCUT2D eigenvalue weighted by Gasteiger charge is -2.32. The summed E-state index contributed by atoms with van der Waals surface area (Å²) in [5.74, 6) is -0.494. The first-order chi connectivity index (χ1) is 11.8. The van der Waals surface area contributed by atoms with Crippen molar-refractivity contribution in [2.24, 2.45) is 5.92 Å². The smallest absolute Gasteiger partial charge is 0.229 e. The van der Waals surface area contributed by atoms with Crippen LogP contribution in [0.3, 0.4) is 0 Å². The highest BCUT2D eigenvalue weighted by Gasteiger charge is 2.32. The van der Waals surface area contributed by atoms with E-state index in [9.17, 15) is 9.90 Å². The van der Waals surface area contributed by atoms with Crippen LogP contribution in [0.5, 0.6) is 0 Å². The molecule has 0 aromatic heterocycles. The molecule has 2 unspecified atom stereocenters. The third kappa shape index (κ3) is 4.02. The maximum Gasteiger partial charge on any atom is 0.229 e. The van der Waals surface area contributed by atoms with E-state index >= 15 is 0 Å². The number of aliphatic hydroxyl groups is 1. The van der Waals surface area contributed by atoms with Gasteiger partial charge in [-0.3, -0.25) is 4.79 Å². The van der Waals surface area contributed by atoms with Crippen molar-refractivity contribution in [3.8, 4) is 0 Å². The maximum atomic E-state index is 13.0. The molecule has 2 atom stereocenters. The Kier molecular flexibility index (Phi) is 5.62. The van der Waals surface area contributed by atoms with Gasteiger partial charge < -0.3 is 14.7 Å². The van der Waals surface area contributed by atoms with E-state index < -0.39 is 12.0 Å². The number of morpholine rings is 1. The van der Waals surface area contributed by atoms with E-state index in [-0.39, 0.29) is 5.91 Å². The van der Waals surface area contributed by atoms with Gasteiger partial charge in [0.2, 0.25) is 5.91 Å². The second-order valence-corrected chi connectivity index (χ2v) is 6.09. The predicted molar refractivity (Wildman–Crippen MR) is 92.4 cm³/mol. The molecule has 1 aliphatic heterocycles. The molecule has 1 heterocycles. The van der Waals surface area contributed by atoms with Crippen LogP contribution in [0.15, 0.2) is 60.7 Å². The zero-order valence-corrected chi connectivity index (χ0v) is 13.7. The van der Waals surface area contributed by atoms with Gasteiger partial charge in [-0.2, -0.15) is 0 Å². The summed E-state index contributed by atoms with van der Waals surface area (Å²) in [7, 11) is 0. The number of hydrogen-bond acceptors (Lipinski definition) is 3. The van der Waals surface area contributed by atoms with Crippen molar-refractivity contribution in [2.75, 3.05) is 26.3 Å². The zero-order valence-electron chi connectivity index (χ0n) is 13.7. The van der Waals surface area contributed by atoms with Crippen molar-refractivity contribution >= 4 is 5.91 Å². The molecule has 0 radical (unpaired) electrons. The molecule has 1 amide bonds. The Bertz CT molecular complexity index is 638. The monoisotopic (exact) mass is 325 g/mol. The van der Waals surface area contributed by atoms with Crippen molar-refractivity contribution in [3.05, 3.63) is 71.8 Å². The molecule has 24 heavy (non-hydrogen) atoms. The van der Waals surface area contributed by atoms with E-state index in [2.05, 4.69) is 0 Å². The van der Waals surface area contributed by atoms with Crippen LogP contribution < -0.4 is 0 Å². The van der Waals surface area contributed by atoms with Crippen molar-refractivity contribution < 1.29 is 14.6 Å². The minimum Gasteiger partial charge on any atom is -0.388 e. The first-order valence-electron chi connectivity index (χ1n) is 8.39. The topological polar surface area (TPSA) is 49.8 Å². The molecule has 2 aromatic carbocycles. The number of ether oxygens (including phenoxy) is 1. The molecule has 0 spiro atoms. The van der Waals surface area contributed by atoms with E-state index in [0.29, 0.717) is 32.7 Å². The van der Waals surface area contributed by atoms with Crippen LogP contribution in [-0.2, 0) is 16.0 Å². The fraction of sp³-hybridized carbons (Fsp3) is 0.350. The number of rotatable bonds is 5. The molecule has 4 nitrogen and oxygen atoms in total. The highest BCUT2D eigenvalue weighted by Crippen LogP contribution is 2.27. The molecule has 2 aromatic rings. The minimum absolute atomic E-state index is 0.00138. The number of carbonyl (C=O) groups excluding carboxylic acids is 1. The third-order valence-electron chi connectivity index (χ3n) is 4.46. The van der Waals surface area contributed by atoms with Crippen molar-refractivity contribution in [1.29, 1.82) is 0 Å². The maximum absolute atomic E-state index is 13.0. The molecule has 1 N–H and O–H groups in total. The minimum atomic E-state index is -0.818. The summed E-state index contributed by atoms with van der Waals surface area (Å²) >= 11 is 0. The Balaban J connectivity index is 1.83. The van der Waals surface area contributed by atoms with E-state index in [1.165, 1.54) is 0 Å². The van der Waals surface area contributed by atoms with E-state index in [4.69, 9.17) is 4.74 Å². The summed E-state index contributed by atoms with van der Waals surface area (Å²) in [5.41, 5.74) is 1.83. The second-order valence-electron chi connectivity index (χ2n) is 6.09. The normalized spacial score (nSPS) is 17.3. The van der Waals surface area contributed by atoms with Gasteiger partial charge >= 0.3 is 0 Å². The summed E-state index contributed by atoms with van der Waals surface area (Å²) in [6, 6.07) is 19.3. The van der Waals surface area contributed by atoms with E-state index in [0.717, 1.165) is 11.1 Å². The van der Waals surface area contributed by atoms with Crippen LogP contribution >= 0.6 is 0 Å². The van der Waals surface area contributed by atoms with Crippen LogP contribution in [0.25, 0.3) is 0 Å². The lowest BCUT2D eigenvalue weighted by molar-refractivity contribution is -0.143. The zero-order chi connectivity index (χ0) is 16.8. The third-order valence-corrected chi connectivity index (χ3v) is 4.46. The van der Waals surface area contributed by atoms with Crippen molar-refractivity contribution in [3.63, 3.8) is 0 Å². The SMILES string of the molecule is O=C(C(Cc1ccccc1)C(O)c1ccccc1)N1CCOCC1. The molecule has 1 aliphatic rings. The number of nitrogens with zero attached hydrogens (tertiary/aromatic N) is 1. The average Bonchev–Trinajstić information content (AvgIpc) is 2.67. The molecule has 0 aliphatic carbocycles. The van der Waals surface area contributed by atoms with Gasteiger partial charge in [-0.25, -0.2) is 0 Å². The molecular formula is C20H23NO3. The largest absolute Gasteiger partial charge is 0.388 e. The first-order valence-corrected chi connectivity index (χ1v) is 8.39. The number of hydrogen-bond donors (Lipinski definition) is 1. The van der Waals surface area contributed by atoms with Gasteiger partial charge in [0, 0.05) is 13.1 Å². The van der Waals surface area contributed by atoms with Gasteiger partial charge in [0.1, 0.15) is 0 Å². The van der Waals surface area contributed by atoms with Crippen LogP contribution in [0, 0.1) is 5.92 Å². The molecule has 4 heteroatoms. The van der Waals surface area contributed by atoms with Gasteiger partial charge in [0.25, 0.3) is 0 Å². The number of benzene rings is 2. The Hall–Kier alpha value is -2.17. The van der Waals surface area contributed by atoms with Gasteiger partial charge in [-0.15, -0.1) is 0 Å². The number of amides is 1. The van der Waals surface area contributed by atoms with Crippen LogP contribution in [0.2, 0.25) is 0 Å². The van der Waals surface area contributed by atoms with E-state index in [1.807, 2.05) is 65.6 Å². The van der Waals surface area contributed by atoms with Gasteiger partial charge in [-0.1, -0.05) is 60.7 Å². The molecule has 3 rings (SSSR count). The Morgan fingerprint density at radius 3 is 2.21 bits per heavy atom. The molecule has 126 valence electrons. The lowest BCUT2D eigenvalue weighted by Crippen LogP contribution is -2.45. The van der Waals surface area contributed by atoms with Crippen LogP contribution in [0.4, 0.5) is 0 Å². The summed E-state index contributed by atoms with van der Waals surface area (Å²) in [4.78, 5) is 14.8. The highest BCUT2D eigenvalue weighted by molar-refractivity contribution is 5.80. The standard InChI is InChI=1S/C20H23NO3/c22-19(17-9-5-2-6-10-17)18(15-16-7-3-1-4-8-16)20(23)21-11-13-24-14-12-21/h1-10,18-19,22H,11-15H2. The molecule has 1 fully saturated rings. The van der Waals surface area contributed by atoms with Crippen molar-refractivity contribution in [2.45, 2.75) is 12.5 Å². The summed E-state index contributed by atoms with van der Waals surface area (Å²) in [6.07, 6.45) is -0.297. The highest BCUT2D eigenvalue weighted by atomic mass is 16.5. The summed E-state index contributed by atoms with van der Waals surface area (Å²) in [6.45, 7) is 2.30. The lowest BCUT2D eigenvalue weighted by atomic mass is 9.88. The van der Waals surface area contributed by atoms with Crippen molar-refractivity contribution in [1.82, 2.24) is 4.90 Å². The van der Waals surface area contributed by atoms with Gasteiger partial charge in [0.15, 0.2) is 0 Å². The fourth-order valence-electron chi connectivity index (χ4n) is 3.10. The summed E-state index contributed by atoms with van der Waals surface area (Å²) in [5, 5.41) is 10.9. The molecule has 0 bridgehead atoms. The Morgan fingerprint density at radius 2 is 1.58 bits per heavy atom. The van der Waals surface area contributed by atoms with Gasteiger partial charge in [0.05, 0.1) is 25.2 Å². The quantitative estimate of drug-likeness (QED) is 0.918. The first kappa shape index (κ1) is 16.7. The Labute approximate surface area is 142 Å². The summed E-state index contributed by atoms with van der Waals surface area (Å²) < 4.78 is 5.34. The number of aliphatic hydroxyl groups excluding tert-OH is 1. The van der Waals surface area contributed by atoms with Crippen LogP contribution in [-0.4, -0.2) is 42.2 Å². The van der Waals surface area contributed by atoms with Crippen LogP contribution in [0.1, 0.15) is 17.2 Å². The van der Waals surface area contributed by atoms with Gasteiger partial charge in [-0.05, 0) is 17.5 Å². The molecular weight excluding hydrogens is 302 g/mol. The second kappa shape index (κ2) is 8.08. The number of carbonyl (C=O) groups is 1. The van der Waals surface area contributed by atoms with E-state index in [1.54, 1.807) is 0 Å². The predicted octanol–water partition coefficient (Wildman–Crippen LogP) is 2.44.